The van der Waals surface area contributed by atoms with E-state index in [9.17, 15) is 0 Å². The van der Waals surface area contributed by atoms with Crippen molar-refractivity contribution in [2.24, 2.45) is 5.73 Å². The second-order valence-corrected chi connectivity index (χ2v) is 2.30. The molecule has 0 spiro atoms. The van der Waals surface area contributed by atoms with E-state index >= 15 is 0 Å². The molecule has 0 heterocycles. The van der Waals surface area contributed by atoms with Gasteiger partial charge in [-0.1, -0.05) is 32.4 Å². The largest absolute Gasteiger partial charge is 0.399 e. The fourth-order valence-corrected chi connectivity index (χ4v) is 0.633. The fraction of sp³-hybridized carbons (Fsp3) is 0.556. The lowest BCUT2D eigenvalue weighted by molar-refractivity contribution is 0.950. The molecule has 2 N–H and O–H groups in total. The van der Waals surface area contributed by atoms with Crippen molar-refractivity contribution in [3.63, 3.8) is 0 Å². The van der Waals surface area contributed by atoms with Crippen molar-refractivity contribution in [2.45, 2.75) is 33.1 Å². The van der Waals surface area contributed by atoms with Crippen LogP contribution in [0.4, 0.5) is 0 Å². The summed E-state index contributed by atoms with van der Waals surface area (Å²) < 4.78 is 0. The van der Waals surface area contributed by atoms with E-state index in [0.717, 1.165) is 18.5 Å². The first-order valence-electron chi connectivity index (χ1n) is 3.93. The molecule has 0 saturated carbocycles. The molecule has 0 aromatic heterocycles. The Morgan fingerprint density at radius 1 is 1.40 bits per heavy atom. The van der Waals surface area contributed by atoms with Gasteiger partial charge in [-0.3, -0.25) is 0 Å². The smallest absolute Gasteiger partial charge is 0.0270 e. The first kappa shape index (κ1) is 9.28. The van der Waals surface area contributed by atoms with Crippen LogP contribution in [0.15, 0.2) is 23.9 Å². The normalized spacial score (nSPS) is 12.8. The summed E-state index contributed by atoms with van der Waals surface area (Å²) in [5.74, 6) is 0. The van der Waals surface area contributed by atoms with Crippen molar-refractivity contribution in [3.05, 3.63) is 23.9 Å². The Kier molecular flexibility index (Phi) is 5.94. The van der Waals surface area contributed by atoms with Crippen LogP contribution in [0.5, 0.6) is 0 Å². The van der Waals surface area contributed by atoms with Crippen molar-refractivity contribution in [3.8, 4) is 0 Å². The number of rotatable bonds is 4. The van der Waals surface area contributed by atoms with Crippen LogP contribution in [-0.4, -0.2) is 0 Å². The summed E-state index contributed by atoms with van der Waals surface area (Å²) in [4.78, 5) is 0. The van der Waals surface area contributed by atoms with Gasteiger partial charge >= 0.3 is 0 Å². The molecule has 0 aromatic rings. The molecule has 58 valence electrons. The van der Waals surface area contributed by atoms with Crippen LogP contribution in [0.1, 0.15) is 33.1 Å². The monoisotopic (exact) mass is 139 g/mol. The van der Waals surface area contributed by atoms with Gasteiger partial charge in [0.05, 0.1) is 0 Å². The molecule has 0 atom stereocenters. The summed E-state index contributed by atoms with van der Waals surface area (Å²) >= 11 is 0. The maximum Gasteiger partial charge on any atom is 0.0270 e. The second kappa shape index (κ2) is 6.40. The minimum atomic E-state index is 0.892. The predicted molar refractivity (Wildman–Crippen MR) is 46.6 cm³/mol. The molecule has 10 heavy (non-hydrogen) atoms. The van der Waals surface area contributed by atoms with E-state index < -0.39 is 0 Å². The number of hydrogen-bond acceptors (Lipinski definition) is 1. The Morgan fingerprint density at radius 2 is 2.10 bits per heavy atom. The summed E-state index contributed by atoms with van der Waals surface area (Å²) in [6, 6.07) is 0. The van der Waals surface area contributed by atoms with Crippen molar-refractivity contribution in [2.75, 3.05) is 0 Å². The Hall–Kier alpha value is -0.720. The fourth-order valence-electron chi connectivity index (χ4n) is 0.633. The number of allylic oxidation sites excluding steroid dienone is 3. The lowest BCUT2D eigenvalue weighted by Crippen LogP contribution is -1.91. The maximum absolute atomic E-state index is 5.62. The highest BCUT2D eigenvalue weighted by molar-refractivity contribution is 5.13. The van der Waals surface area contributed by atoms with E-state index in [1.807, 2.05) is 6.08 Å². The van der Waals surface area contributed by atoms with Gasteiger partial charge in [-0.2, -0.15) is 0 Å². The van der Waals surface area contributed by atoms with Crippen molar-refractivity contribution < 1.29 is 0 Å². The molecule has 0 saturated heterocycles. The van der Waals surface area contributed by atoms with Gasteiger partial charge in [-0.25, -0.2) is 0 Å². The van der Waals surface area contributed by atoms with Crippen LogP contribution < -0.4 is 5.73 Å². The minimum absolute atomic E-state index is 0.892. The molecule has 0 aliphatic rings. The SMILES string of the molecule is CCC=CC(N)=CCCC. The van der Waals surface area contributed by atoms with Crippen molar-refractivity contribution in [1.82, 2.24) is 0 Å². The topological polar surface area (TPSA) is 26.0 Å². The third-order valence-corrected chi connectivity index (χ3v) is 1.21. The molecule has 0 aliphatic heterocycles. The molecule has 0 fully saturated rings. The Bertz CT molecular complexity index is 123. The van der Waals surface area contributed by atoms with Gasteiger partial charge < -0.3 is 5.73 Å². The lowest BCUT2D eigenvalue weighted by atomic mass is 10.2. The van der Waals surface area contributed by atoms with Crippen LogP contribution in [0.2, 0.25) is 0 Å². The first-order chi connectivity index (χ1) is 4.81. The summed E-state index contributed by atoms with van der Waals surface area (Å²) in [5.41, 5.74) is 6.51. The molecule has 0 bridgehead atoms. The summed E-state index contributed by atoms with van der Waals surface area (Å²) in [5, 5.41) is 0. The molecule has 0 rings (SSSR count). The highest BCUT2D eigenvalue weighted by Gasteiger charge is 1.79. The third-order valence-electron chi connectivity index (χ3n) is 1.21. The van der Waals surface area contributed by atoms with Gasteiger partial charge in [0.1, 0.15) is 0 Å². The molecule has 0 amide bonds. The van der Waals surface area contributed by atoms with Gasteiger partial charge in [0, 0.05) is 5.70 Å². The Balaban J connectivity index is 3.59. The van der Waals surface area contributed by atoms with Crippen LogP contribution >= 0.6 is 0 Å². The van der Waals surface area contributed by atoms with E-state index in [2.05, 4.69) is 26.0 Å². The van der Waals surface area contributed by atoms with Crippen molar-refractivity contribution in [1.29, 1.82) is 0 Å². The van der Waals surface area contributed by atoms with Gasteiger partial charge in [0.2, 0.25) is 0 Å². The molecular formula is C9H17N. The standard InChI is InChI=1S/C9H17N/c1-3-5-7-9(10)8-6-4-2/h5,7-8H,3-4,6,10H2,1-2H3. The van der Waals surface area contributed by atoms with E-state index in [1.165, 1.54) is 6.42 Å². The maximum atomic E-state index is 5.62. The third kappa shape index (κ3) is 5.42. The van der Waals surface area contributed by atoms with Crippen LogP contribution in [0.25, 0.3) is 0 Å². The average Bonchev–Trinajstić information content (AvgIpc) is 1.97. The molecule has 0 aromatic carbocycles. The molecule has 0 unspecified atom stereocenters. The number of unbranched alkanes of at least 4 members (excludes halogenated alkanes) is 1. The Labute approximate surface area is 63.6 Å². The van der Waals surface area contributed by atoms with Gasteiger partial charge in [-0.15, -0.1) is 0 Å². The quantitative estimate of drug-likeness (QED) is 0.595. The predicted octanol–water partition coefficient (Wildman–Crippen LogP) is 2.60. The summed E-state index contributed by atoms with van der Waals surface area (Å²) in [6.45, 7) is 4.25. The Morgan fingerprint density at radius 3 is 2.60 bits per heavy atom. The van der Waals surface area contributed by atoms with Crippen LogP contribution in [0.3, 0.4) is 0 Å². The zero-order chi connectivity index (χ0) is 7.82. The molecule has 1 heteroatoms. The van der Waals surface area contributed by atoms with Gasteiger partial charge in [0.15, 0.2) is 0 Å². The molecular weight excluding hydrogens is 122 g/mol. The van der Waals surface area contributed by atoms with E-state index in [1.54, 1.807) is 0 Å². The molecule has 0 radical (unpaired) electrons. The van der Waals surface area contributed by atoms with E-state index in [-0.39, 0.29) is 0 Å². The van der Waals surface area contributed by atoms with Crippen molar-refractivity contribution >= 4 is 0 Å². The average molecular weight is 139 g/mol. The van der Waals surface area contributed by atoms with E-state index in [0.29, 0.717) is 0 Å². The highest BCUT2D eigenvalue weighted by atomic mass is 14.5. The second-order valence-electron chi connectivity index (χ2n) is 2.30. The first-order valence-corrected chi connectivity index (χ1v) is 3.93. The minimum Gasteiger partial charge on any atom is -0.399 e. The zero-order valence-corrected chi connectivity index (χ0v) is 6.93. The summed E-state index contributed by atoms with van der Waals surface area (Å²) in [7, 11) is 0. The van der Waals surface area contributed by atoms with Crippen LogP contribution in [0, 0.1) is 0 Å². The number of nitrogens with two attached hydrogens (primary N) is 1. The van der Waals surface area contributed by atoms with E-state index in [4.69, 9.17) is 5.73 Å². The highest BCUT2D eigenvalue weighted by Crippen LogP contribution is 1.94. The summed E-state index contributed by atoms with van der Waals surface area (Å²) in [6.07, 6.45) is 9.41. The van der Waals surface area contributed by atoms with Crippen LogP contribution in [-0.2, 0) is 0 Å². The van der Waals surface area contributed by atoms with Gasteiger partial charge in [0.25, 0.3) is 0 Å². The number of hydrogen-bond donors (Lipinski definition) is 1. The lowest BCUT2D eigenvalue weighted by Gasteiger charge is -1.90. The molecule has 0 aliphatic carbocycles. The van der Waals surface area contributed by atoms with Gasteiger partial charge in [-0.05, 0) is 18.9 Å². The zero-order valence-electron chi connectivity index (χ0n) is 6.93. The molecule has 1 nitrogen and oxygen atoms in total.